The van der Waals surface area contributed by atoms with E-state index in [1.807, 2.05) is 30.3 Å². The summed E-state index contributed by atoms with van der Waals surface area (Å²) >= 11 is 0. The number of ether oxygens (including phenoxy) is 2. The third-order valence-corrected chi connectivity index (χ3v) is 5.68. The maximum Gasteiger partial charge on any atom is 0.130 e. The first-order valence-corrected chi connectivity index (χ1v) is 9.30. The second kappa shape index (κ2) is 7.74. The van der Waals surface area contributed by atoms with Crippen LogP contribution in [0.5, 0.6) is 5.75 Å². The summed E-state index contributed by atoms with van der Waals surface area (Å²) in [6, 6.07) is 14.1. The van der Waals surface area contributed by atoms with E-state index in [1.165, 1.54) is 5.56 Å². The molecule has 1 aromatic carbocycles. The molecule has 1 N–H and O–H groups in total. The molecule has 5 heteroatoms. The predicted molar refractivity (Wildman–Crippen MR) is 98.7 cm³/mol. The molecule has 5 nitrogen and oxygen atoms in total. The summed E-state index contributed by atoms with van der Waals surface area (Å²) in [6.45, 7) is 5.06. The van der Waals surface area contributed by atoms with E-state index in [0.29, 0.717) is 12.5 Å². The number of aromatic nitrogens is 1. The molecule has 2 aliphatic heterocycles. The Morgan fingerprint density at radius 1 is 1.27 bits per heavy atom. The van der Waals surface area contributed by atoms with Crippen LogP contribution in [0.25, 0.3) is 0 Å². The monoisotopic (exact) mass is 354 g/mol. The van der Waals surface area contributed by atoms with Gasteiger partial charge in [0.1, 0.15) is 12.4 Å². The Morgan fingerprint density at radius 3 is 3.04 bits per heavy atom. The zero-order valence-electron chi connectivity index (χ0n) is 15.0. The van der Waals surface area contributed by atoms with Crippen LogP contribution < -0.4 is 4.74 Å². The Hall–Kier alpha value is -1.95. The molecule has 2 aliphatic rings. The second-order valence-corrected chi connectivity index (χ2v) is 7.47. The summed E-state index contributed by atoms with van der Waals surface area (Å²) < 4.78 is 11.5. The minimum Gasteiger partial charge on any atom is -0.487 e. The molecule has 138 valence electrons. The minimum absolute atomic E-state index is 0.0192. The van der Waals surface area contributed by atoms with Gasteiger partial charge in [-0.1, -0.05) is 18.2 Å². The fourth-order valence-corrected chi connectivity index (χ4v) is 4.17. The molecule has 2 aromatic rings. The molecule has 2 fully saturated rings. The van der Waals surface area contributed by atoms with Crippen LogP contribution >= 0.6 is 0 Å². The Balaban J connectivity index is 1.38. The molecule has 0 amide bonds. The summed E-state index contributed by atoms with van der Waals surface area (Å²) in [5.74, 6) is 1.30. The van der Waals surface area contributed by atoms with Gasteiger partial charge in [-0.15, -0.1) is 0 Å². The lowest BCUT2D eigenvalue weighted by Crippen LogP contribution is -2.41. The fourth-order valence-electron chi connectivity index (χ4n) is 4.17. The highest BCUT2D eigenvalue weighted by atomic mass is 16.5. The molecule has 0 radical (unpaired) electrons. The van der Waals surface area contributed by atoms with Gasteiger partial charge in [0.15, 0.2) is 0 Å². The normalized spacial score (nSPS) is 25.8. The van der Waals surface area contributed by atoms with E-state index in [2.05, 4.69) is 22.0 Å². The smallest absolute Gasteiger partial charge is 0.130 e. The minimum atomic E-state index is 0.0192. The van der Waals surface area contributed by atoms with Crippen LogP contribution in [-0.2, 0) is 17.9 Å². The molecule has 0 saturated carbocycles. The number of rotatable bonds is 6. The highest BCUT2D eigenvalue weighted by Gasteiger charge is 2.47. The molecule has 1 aromatic heterocycles. The molecule has 0 bridgehead atoms. The van der Waals surface area contributed by atoms with Gasteiger partial charge in [-0.05, 0) is 36.2 Å². The lowest BCUT2D eigenvalue weighted by Gasteiger charge is -2.36. The zero-order valence-corrected chi connectivity index (χ0v) is 15.0. The van der Waals surface area contributed by atoms with Crippen molar-refractivity contribution in [2.45, 2.75) is 19.6 Å². The maximum absolute atomic E-state index is 9.95. The van der Waals surface area contributed by atoms with Crippen molar-refractivity contribution in [3.05, 3.63) is 59.9 Å². The summed E-state index contributed by atoms with van der Waals surface area (Å²) in [4.78, 5) is 6.73. The van der Waals surface area contributed by atoms with E-state index in [-0.39, 0.29) is 12.0 Å². The van der Waals surface area contributed by atoms with Crippen molar-refractivity contribution < 1.29 is 14.6 Å². The highest BCUT2D eigenvalue weighted by Crippen LogP contribution is 2.42. The Labute approximate surface area is 154 Å². The van der Waals surface area contributed by atoms with Gasteiger partial charge in [-0.2, -0.15) is 0 Å². The Bertz CT molecular complexity index is 724. The number of pyridine rings is 1. The van der Waals surface area contributed by atoms with Crippen LogP contribution in [0.4, 0.5) is 0 Å². The molecular weight excluding hydrogens is 328 g/mol. The van der Waals surface area contributed by atoms with Gasteiger partial charge in [0, 0.05) is 43.8 Å². The third kappa shape index (κ3) is 3.75. The molecule has 2 saturated heterocycles. The summed E-state index contributed by atoms with van der Waals surface area (Å²) in [5.41, 5.74) is 2.17. The molecule has 0 spiro atoms. The summed E-state index contributed by atoms with van der Waals surface area (Å²) in [6.07, 6.45) is 2.74. The fraction of sp³-hybridized carbons (Fsp3) is 0.476. The Morgan fingerprint density at radius 2 is 2.23 bits per heavy atom. The third-order valence-electron chi connectivity index (χ3n) is 5.68. The number of benzene rings is 1. The second-order valence-electron chi connectivity index (χ2n) is 7.47. The number of aliphatic hydroxyl groups is 1. The van der Waals surface area contributed by atoms with Crippen LogP contribution in [0, 0.1) is 11.3 Å². The number of fused-ring (bicyclic) bond motifs is 1. The van der Waals surface area contributed by atoms with Gasteiger partial charge in [0.05, 0.1) is 18.9 Å². The van der Waals surface area contributed by atoms with Gasteiger partial charge in [0.25, 0.3) is 0 Å². The number of hydrogen-bond donors (Lipinski definition) is 1. The van der Waals surface area contributed by atoms with Crippen LogP contribution in [0.2, 0.25) is 0 Å². The topological polar surface area (TPSA) is 54.8 Å². The first kappa shape index (κ1) is 17.5. The standard InChI is InChI=1S/C21H26N2O3/c24-16-21-7-9-25-13-18(21)12-23(15-21)11-17-4-3-6-20(10-17)26-14-19-5-1-2-8-22-19/h1-6,8,10,18,24H,7,9,11-16H2/t18-,21-/m1/s1. The molecule has 0 aliphatic carbocycles. The molecule has 0 unspecified atom stereocenters. The molecular formula is C21H26N2O3. The van der Waals surface area contributed by atoms with Gasteiger partial charge in [0.2, 0.25) is 0 Å². The Kier molecular flexibility index (Phi) is 5.20. The molecule has 2 atom stereocenters. The number of hydrogen-bond acceptors (Lipinski definition) is 5. The van der Waals surface area contributed by atoms with Crippen molar-refractivity contribution in [3.8, 4) is 5.75 Å². The summed E-state index contributed by atoms with van der Waals surface area (Å²) in [5, 5.41) is 9.95. The van der Waals surface area contributed by atoms with Crippen molar-refractivity contribution in [1.82, 2.24) is 9.88 Å². The van der Waals surface area contributed by atoms with Crippen LogP contribution in [-0.4, -0.2) is 47.9 Å². The quantitative estimate of drug-likeness (QED) is 0.864. The van der Waals surface area contributed by atoms with Crippen molar-refractivity contribution in [2.75, 3.05) is 32.9 Å². The van der Waals surface area contributed by atoms with Gasteiger partial charge >= 0.3 is 0 Å². The number of nitrogens with zero attached hydrogens (tertiary/aromatic N) is 2. The maximum atomic E-state index is 9.95. The van der Waals surface area contributed by atoms with Crippen molar-refractivity contribution in [2.24, 2.45) is 11.3 Å². The van der Waals surface area contributed by atoms with E-state index < -0.39 is 0 Å². The molecule has 3 heterocycles. The van der Waals surface area contributed by atoms with Crippen molar-refractivity contribution in [1.29, 1.82) is 0 Å². The van der Waals surface area contributed by atoms with E-state index >= 15 is 0 Å². The largest absolute Gasteiger partial charge is 0.487 e. The summed E-state index contributed by atoms with van der Waals surface area (Å²) in [7, 11) is 0. The SMILES string of the molecule is OC[C@]12CCOC[C@H]1CN(Cc1cccc(OCc3ccccn3)c1)C2. The average molecular weight is 354 g/mol. The number of likely N-dealkylation sites (tertiary alicyclic amines) is 1. The first-order valence-electron chi connectivity index (χ1n) is 9.30. The highest BCUT2D eigenvalue weighted by molar-refractivity contribution is 5.29. The van der Waals surface area contributed by atoms with E-state index in [9.17, 15) is 5.11 Å². The molecule has 4 rings (SSSR count). The van der Waals surface area contributed by atoms with E-state index in [1.54, 1.807) is 6.20 Å². The van der Waals surface area contributed by atoms with Gasteiger partial charge < -0.3 is 14.6 Å². The van der Waals surface area contributed by atoms with E-state index in [0.717, 1.165) is 50.7 Å². The van der Waals surface area contributed by atoms with Crippen molar-refractivity contribution >= 4 is 0 Å². The first-order chi connectivity index (χ1) is 12.8. The predicted octanol–water partition coefficient (Wildman–Crippen LogP) is 2.49. The lowest BCUT2D eigenvalue weighted by molar-refractivity contribution is -0.0417. The lowest BCUT2D eigenvalue weighted by atomic mass is 9.75. The van der Waals surface area contributed by atoms with Gasteiger partial charge in [-0.25, -0.2) is 0 Å². The van der Waals surface area contributed by atoms with Crippen LogP contribution in [0.3, 0.4) is 0 Å². The average Bonchev–Trinajstić information content (AvgIpc) is 3.06. The molecule has 26 heavy (non-hydrogen) atoms. The van der Waals surface area contributed by atoms with E-state index in [4.69, 9.17) is 9.47 Å². The van der Waals surface area contributed by atoms with Crippen molar-refractivity contribution in [3.63, 3.8) is 0 Å². The number of aliphatic hydroxyl groups excluding tert-OH is 1. The van der Waals surface area contributed by atoms with Crippen LogP contribution in [0.15, 0.2) is 48.7 Å². The van der Waals surface area contributed by atoms with Crippen LogP contribution in [0.1, 0.15) is 17.7 Å². The van der Waals surface area contributed by atoms with Gasteiger partial charge in [-0.3, -0.25) is 9.88 Å². The zero-order chi connectivity index (χ0) is 17.8.